The lowest BCUT2D eigenvalue weighted by molar-refractivity contribution is -0.159. The van der Waals surface area contributed by atoms with Crippen molar-refractivity contribution in [1.29, 1.82) is 0 Å². The summed E-state index contributed by atoms with van der Waals surface area (Å²) >= 11 is 0. The van der Waals surface area contributed by atoms with Crippen molar-refractivity contribution in [3.63, 3.8) is 0 Å². The van der Waals surface area contributed by atoms with E-state index in [1.807, 2.05) is 25.1 Å². The second kappa shape index (κ2) is 4.70. The summed E-state index contributed by atoms with van der Waals surface area (Å²) in [7, 11) is 0. The average Bonchev–Trinajstić information content (AvgIpc) is 3.03. The number of hydrogen-bond donors (Lipinski definition) is 0. The predicted octanol–water partition coefficient (Wildman–Crippen LogP) is 3.76. The highest BCUT2D eigenvalue weighted by Crippen LogP contribution is 2.60. The SMILES string of the molecule is C[C@@]12CC=C3C(=O)O[C@@H](c4ccoc4)C[C@@]3(C)[C@@H]1CC=CC2=O. The number of carbonyl (C=O) groups excluding carboxylic acids is 2. The molecule has 0 unspecified atom stereocenters. The molecule has 0 saturated carbocycles. The molecule has 4 nitrogen and oxygen atoms in total. The number of ether oxygens (including phenoxy) is 1. The summed E-state index contributed by atoms with van der Waals surface area (Å²) in [5.74, 6) is 0.0350. The van der Waals surface area contributed by atoms with Gasteiger partial charge < -0.3 is 9.15 Å². The van der Waals surface area contributed by atoms with Crippen molar-refractivity contribution < 1.29 is 18.7 Å². The Bertz CT molecular complexity index is 727. The van der Waals surface area contributed by atoms with Crippen LogP contribution in [0.5, 0.6) is 0 Å². The van der Waals surface area contributed by atoms with E-state index in [0.717, 1.165) is 17.6 Å². The number of hydrogen-bond acceptors (Lipinski definition) is 4. The van der Waals surface area contributed by atoms with Gasteiger partial charge in [-0.1, -0.05) is 26.0 Å². The zero-order valence-electron chi connectivity index (χ0n) is 13.4. The molecule has 4 rings (SSSR count). The molecule has 1 aromatic rings. The predicted molar refractivity (Wildman–Crippen MR) is 83.3 cm³/mol. The molecule has 2 heterocycles. The summed E-state index contributed by atoms with van der Waals surface area (Å²) in [5.41, 5.74) is 0.836. The third-order valence-electron chi connectivity index (χ3n) is 6.08. The molecule has 0 aromatic carbocycles. The van der Waals surface area contributed by atoms with Gasteiger partial charge >= 0.3 is 5.97 Å². The number of carbonyl (C=O) groups is 2. The number of fused-ring (bicyclic) bond motifs is 3. The highest BCUT2D eigenvalue weighted by Gasteiger charge is 2.58. The molecular weight excluding hydrogens is 292 g/mol. The summed E-state index contributed by atoms with van der Waals surface area (Å²) in [6.07, 6.45) is 10.6. The van der Waals surface area contributed by atoms with Crippen LogP contribution in [0.15, 0.2) is 46.8 Å². The fourth-order valence-corrected chi connectivity index (χ4v) is 4.71. The first-order valence-corrected chi connectivity index (χ1v) is 8.10. The van der Waals surface area contributed by atoms with Crippen LogP contribution < -0.4 is 0 Å². The highest BCUT2D eigenvalue weighted by molar-refractivity contribution is 5.98. The third kappa shape index (κ3) is 1.90. The largest absolute Gasteiger partial charge is 0.472 e. The Morgan fingerprint density at radius 3 is 2.78 bits per heavy atom. The minimum Gasteiger partial charge on any atom is -0.472 e. The number of cyclic esters (lactones) is 1. The summed E-state index contributed by atoms with van der Waals surface area (Å²) < 4.78 is 10.8. The molecule has 0 radical (unpaired) electrons. The summed E-state index contributed by atoms with van der Waals surface area (Å²) in [5, 5.41) is 0. The molecule has 2 aliphatic carbocycles. The van der Waals surface area contributed by atoms with E-state index in [9.17, 15) is 9.59 Å². The van der Waals surface area contributed by atoms with Crippen LogP contribution in [-0.4, -0.2) is 11.8 Å². The van der Waals surface area contributed by atoms with Gasteiger partial charge in [0, 0.05) is 22.0 Å². The third-order valence-corrected chi connectivity index (χ3v) is 6.08. The van der Waals surface area contributed by atoms with Crippen LogP contribution in [0.2, 0.25) is 0 Å². The van der Waals surface area contributed by atoms with E-state index in [2.05, 4.69) is 6.92 Å². The fraction of sp³-hybridized carbons (Fsp3) is 0.474. The zero-order chi connectivity index (χ0) is 16.2. The van der Waals surface area contributed by atoms with Gasteiger partial charge in [-0.15, -0.1) is 0 Å². The van der Waals surface area contributed by atoms with Gasteiger partial charge in [0.2, 0.25) is 0 Å². The second-order valence-corrected chi connectivity index (χ2v) is 7.37. The lowest BCUT2D eigenvalue weighted by Crippen LogP contribution is -2.52. The number of ketones is 1. The quantitative estimate of drug-likeness (QED) is 0.741. The van der Waals surface area contributed by atoms with Crippen LogP contribution in [0.25, 0.3) is 0 Å². The molecule has 0 bridgehead atoms. The van der Waals surface area contributed by atoms with Gasteiger partial charge in [-0.25, -0.2) is 4.79 Å². The Kier molecular flexibility index (Phi) is 2.96. The molecule has 4 heteroatoms. The van der Waals surface area contributed by atoms with E-state index in [1.54, 1.807) is 18.6 Å². The first kappa shape index (κ1) is 14.5. The molecule has 1 aromatic heterocycles. The van der Waals surface area contributed by atoms with Crippen LogP contribution >= 0.6 is 0 Å². The van der Waals surface area contributed by atoms with Crippen molar-refractivity contribution in [3.8, 4) is 0 Å². The minimum atomic E-state index is -0.425. The van der Waals surface area contributed by atoms with Gasteiger partial charge in [0.05, 0.1) is 12.5 Å². The number of esters is 1. The van der Waals surface area contributed by atoms with Gasteiger partial charge in [-0.05, 0) is 37.3 Å². The minimum absolute atomic E-state index is 0.120. The maximum absolute atomic E-state index is 12.6. The Morgan fingerprint density at radius 2 is 2.04 bits per heavy atom. The maximum Gasteiger partial charge on any atom is 0.334 e. The van der Waals surface area contributed by atoms with Crippen molar-refractivity contribution in [2.75, 3.05) is 0 Å². The lowest BCUT2D eigenvalue weighted by atomic mass is 9.50. The van der Waals surface area contributed by atoms with Crippen molar-refractivity contribution in [2.24, 2.45) is 16.7 Å². The Morgan fingerprint density at radius 1 is 1.22 bits per heavy atom. The topological polar surface area (TPSA) is 56.5 Å². The van der Waals surface area contributed by atoms with Gasteiger partial charge in [0.15, 0.2) is 5.78 Å². The lowest BCUT2D eigenvalue weighted by Gasteiger charge is -2.54. The van der Waals surface area contributed by atoms with Crippen LogP contribution in [0.1, 0.15) is 44.8 Å². The van der Waals surface area contributed by atoms with E-state index in [-0.39, 0.29) is 29.2 Å². The average molecular weight is 312 g/mol. The molecule has 0 N–H and O–H groups in total. The standard InChI is InChI=1S/C19H20O4/c1-18-8-6-13-17(21)23-14(12-7-9-22-11-12)10-19(13,2)15(18)4-3-5-16(18)20/h3,5-7,9,11,14-15H,4,8,10H2,1-2H3/t14-,15-,18-,19-/m1/s1. The molecule has 23 heavy (non-hydrogen) atoms. The molecular formula is C19H20O4. The number of rotatable bonds is 1. The Hall–Kier alpha value is -2.10. The van der Waals surface area contributed by atoms with Crippen molar-refractivity contribution in [1.82, 2.24) is 0 Å². The maximum atomic E-state index is 12.6. The Labute approximate surface area is 135 Å². The Balaban J connectivity index is 1.79. The molecule has 0 spiro atoms. The highest BCUT2D eigenvalue weighted by atomic mass is 16.5. The molecule has 0 amide bonds. The summed E-state index contributed by atoms with van der Waals surface area (Å²) in [6.45, 7) is 4.15. The van der Waals surface area contributed by atoms with Crippen molar-refractivity contribution >= 4 is 11.8 Å². The van der Waals surface area contributed by atoms with Gasteiger partial charge in [0.1, 0.15) is 6.10 Å². The first-order valence-electron chi connectivity index (χ1n) is 8.10. The summed E-state index contributed by atoms with van der Waals surface area (Å²) in [4.78, 5) is 25.1. The van der Waals surface area contributed by atoms with E-state index in [1.165, 1.54) is 0 Å². The van der Waals surface area contributed by atoms with E-state index in [0.29, 0.717) is 12.8 Å². The number of furan rings is 1. The molecule has 4 atom stereocenters. The van der Waals surface area contributed by atoms with Crippen molar-refractivity contribution in [3.05, 3.63) is 48.0 Å². The molecule has 1 saturated heterocycles. The molecule has 120 valence electrons. The fourth-order valence-electron chi connectivity index (χ4n) is 4.71. The van der Waals surface area contributed by atoms with E-state index in [4.69, 9.17) is 9.15 Å². The first-order chi connectivity index (χ1) is 10.9. The van der Waals surface area contributed by atoms with Crippen LogP contribution in [0, 0.1) is 16.7 Å². The van der Waals surface area contributed by atoms with Gasteiger partial charge in [-0.2, -0.15) is 0 Å². The second-order valence-electron chi connectivity index (χ2n) is 7.37. The van der Waals surface area contributed by atoms with E-state index >= 15 is 0 Å². The molecule has 1 fully saturated rings. The normalized spacial score (nSPS) is 39.3. The zero-order valence-corrected chi connectivity index (χ0v) is 13.4. The van der Waals surface area contributed by atoms with Gasteiger partial charge in [0.25, 0.3) is 0 Å². The molecule has 3 aliphatic rings. The van der Waals surface area contributed by atoms with Crippen LogP contribution in [-0.2, 0) is 14.3 Å². The van der Waals surface area contributed by atoms with Crippen LogP contribution in [0.3, 0.4) is 0 Å². The summed E-state index contributed by atoms with van der Waals surface area (Å²) in [6, 6.07) is 1.84. The smallest absolute Gasteiger partial charge is 0.334 e. The van der Waals surface area contributed by atoms with Crippen LogP contribution in [0.4, 0.5) is 0 Å². The van der Waals surface area contributed by atoms with Gasteiger partial charge in [-0.3, -0.25) is 4.79 Å². The number of allylic oxidation sites excluding steroid dienone is 3. The van der Waals surface area contributed by atoms with E-state index < -0.39 is 5.41 Å². The van der Waals surface area contributed by atoms with Crippen molar-refractivity contribution in [2.45, 2.75) is 39.2 Å². The monoisotopic (exact) mass is 312 g/mol. The molecule has 1 aliphatic heterocycles.